The van der Waals surface area contributed by atoms with E-state index < -0.39 is 5.91 Å². The van der Waals surface area contributed by atoms with Crippen LogP contribution in [0.5, 0.6) is 0 Å². The molecule has 4 nitrogen and oxygen atoms in total. The number of carbonyl (C=O) groups is 1. The fourth-order valence-electron chi connectivity index (χ4n) is 3.18. The Balaban J connectivity index is 1.88. The van der Waals surface area contributed by atoms with E-state index in [0.717, 1.165) is 17.7 Å². The molecule has 28 heavy (non-hydrogen) atoms. The van der Waals surface area contributed by atoms with Gasteiger partial charge in [-0.2, -0.15) is 0 Å². The van der Waals surface area contributed by atoms with E-state index >= 15 is 0 Å². The van der Waals surface area contributed by atoms with E-state index in [2.05, 4.69) is 5.32 Å². The Hall–Kier alpha value is -2.56. The Bertz CT molecular complexity index is 1070. The Morgan fingerprint density at radius 1 is 1.04 bits per heavy atom. The first-order valence-electron chi connectivity index (χ1n) is 8.88. The first kappa shape index (κ1) is 20.2. The van der Waals surface area contributed by atoms with Crippen LogP contribution in [-0.4, -0.2) is 10.5 Å². The highest BCUT2D eigenvalue weighted by Crippen LogP contribution is 2.21. The third-order valence-electron chi connectivity index (χ3n) is 4.67. The standard InChI is InChI=1S/C22H20Cl2N2O2/c1-14-13-20(27)21(22(28)25-19-6-4-3-5-18(19)24)15(2)26(14)12-11-16-7-9-17(23)10-8-16/h3-10,13H,11-12H2,1-2H3,(H,25,28). The predicted molar refractivity (Wildman–Crippen MR) is 115 cm³/mol. The molecule has 0 radical (unpaired) electrons. The molecule has 0 saturated carbocycles. The van der Waals surface area contributed by atoms with Crippen molar-refractivity contribution in [2.24, 2.45) is 0 Å². The molecule has 0 aliphatic carbocycles. The Kier molecular flexibility index (Phi) is 6.22. The first-order valence-corrected chi connectivity index (χ1v) is 9.64. The van der Waals surface area contributed by atoms with Crippen LogP contribution in [0.2, 0.25) is 10.0 Å². The van der Waals surface area contributed by atoms with Crippen LogP contribution in [0.15, 0.2) is 59.4 Å². The van der Waals surface area contributed by atoms with Crippen LogP contribution in [-0.2, 0) is 13.0 Å². The van der Waals surface area contributed by atoms with Crippen molar-refractivity contribution in [3.05, 3.63) is 97.4 Å². The number of nitrogens with zero attached hydrogens (tertiary/aromatic N) is 1. The minimum absolute atomic E-state index is 0.127. The molecule has 2 aromatic carbocycles. The third-order valence-corrected chi connectivity index (χ3v) is 5.25. The van der Waals surface area contributed by atoms with Gasteiger partial charge in [-0.3, -0.25) is 9.59 Å². The molecule has 0 spiro atoms. The zero-order chi connectivity index (χ0) is 20.3. The lowest BCUT2D eigenvalue weighted by Crippen LogP contribution is -2.27. The van der Waals surface area contributed by atoms with Gasteiger partial charge in [0.15, 0.2) is 5.43 Å². The molecular formula is C22H20Cl2N2O2. The van der Waals surface area contributed by atoms with Crippen molar-refractivity contribution in [2.45, 2.75) is 26.8 Å². The van der Waals surface area contributed by atoms with Crippen LogP contribution in [0.1, 0.15) is 27.3 Å². The fraction of sp³-hybridized carbons (Fsp3) is 0.182. The van der Waals surface area contributed by atoms with E-state index in [1.165, 1.54) is 6.07 Å². The van der Waals surface area contributed by atoms with Gasteiger partial charge in [0.2, 0.25) is 0 Å². The maximum atomic E-state index is 12.8. The summed E-state index contributed by atoms with van der Waals surface area (Å²) in [6, 6.07) is 16.1. The maximum Gasteiger partial charge on any atom is 0.261 e. The van der Waals surface area contributed by atoms with Gasteiger partial charge in [0.1, 0.15) is 5.56 Å². The van der Waals surface area contributed by atoms with Gasteiger partial charge < -0.3 is 9.88 Å². The zero-order valence-electron chi connectivity index (χ0n) is 15.6. The van der Waals surface area contributed by atoms with Crippen molar-refractivity contribution >= 4 is 34.8 Å². The molecule has 0 unspecified atom stereocenters. The summed E-state index contributed by atoms with van der Waals surface area (Å²) in [5.41, 5.74) is 2.86. The number of hydrogen-bond acceptors (Lipinski definition) is 2. The number of benzene rings is 2. The molecule has 0 atom stereocenters. The molecule has 144 valence electrons. The minimum Gasteiger partial charge on any atom is -0.348 e. The smallest absolute Gasteiger partial charge is 0.261 e. The van der Waals surface area contributed by atoms with Gasteiger partial charge in [-0.25, -0.2) is 0 Å². The topological polar surface area (TPSA) is 51.1 Å². The van der Waals surface area contributed by atoms with Gasteiger partial charge in [0, 0.05) is 29.0 Å². The number of aromatic nitrogens is 1. The SMILES string of the molecule is Cc1cc(=O)c(C(=O)Nc2ccccc2Cl)c(C)n1CCc1ccc(Cl)cc1. The van der Waals surface area contributed by atoms with Crippen LogP contribution >= 0.6 is 23.2 Å². The molecule has 1 heterocycles. The van der Waals surface area contributed by atoms with Crippen molar-refractivity contribution in [2.75, 3.05) is 5.32 Å². The molecule has 0 aliphatic rings. The number of rotatable bonds is 5. The molecule has 6 heteroatoms. The lowest BCUT2D eigenvalue weighted by Gasteiger charge is -2.18. The summed E-state index contributed by atoms with van der Waals surface area (Å²) in [7, 11) is 0. The summed E-state index contributed by atoms with van der Waals surface area (Å²) < 4.78 is 1.98. The van der Waals surface area contributed by atoms with Crippen molar-refractivity contribution in [3.63, 3.8) is 0 Å². The van der Waals surface area contributed by atoms with E-state index in [0.29, 0.717) is 28.0 Å². The van der Waals surface area contributed by atoms with E-state index in [4.69, 9.17) is 23.2 Å². The van der Waals surface area contributed by atoms with Crippen molar-refractivity contribution in [3.8, 4) is 0 Å². The highest BCUT2D eigenvalue weighted by molar-refractivity contribution is 6.33. The molecule has 0 saturated heterocycles. The van der Waals surface area contributed by atoms with Crippen LogP contribution in [0.25, 0.3) is 0 Å². The Morgan fingerprint density at radius 3 is 2.39 bits per heavy atom. The quantitative estimate of drug-likeness (QED) is 0.618. The molecular weight excluding hydrogens is 395 g/mol. The number of hydrogen-bond donors (Lipinski definition) is 1. The summed E-state index contributed by atoms with van der Waals surface area (Å²) in [5, 5.41) is 3.85. The normalized spacial score (nSPS) is 10.7. The number of pyridine rings is 1. The van der Waals surface area contributed by atoms with Gasteiger partial charge >= 0.3 is 0 Å². The van der Waals surface area contributed by atoms with Gasteiger partial charge in [-0.15, -0.1) is 0 Å². The van der Waals surface area contributed by atoms with Crippen molar-refractivity contribution < 1.29 is 4.79 Å². The Morgan fingerprint density at radius 2 is 1.71 bits per heavy atom. The summed E-state index contributed by atoms with van der Waals surface area (Å²) >= 11 is 12.0. The summed E-state index contributed by atoms with van der Waals surface area (Å²) in [6.45, 7) is 4.30. The number of aryl methyl sites for hydroxylation is 2. The Labute approximate surface area is 173 Å². The fourth-order valence-corrected chi connectivity index (χ4v) is 3.49. The second kappa shape index (κ2) is 8.63. The second-order valence-electron chi connectivity index (χ2n) is 6.57. The summed E-state index contributed by atoms with van der Waals surface area (Å²) in [6.07, 6.45) is 0.757. The van der Waals surface area contributed by atoms with Gasteiger partial charge in [-0.05, 0) is 50.1 Å². The van der Waals surface area contributed by atoms with Gasteiger partial charge in [0.25, 0.3) is 5.91 Å². The van der Waals surface area contributed by atoms with Gasteiger partial charge in [0.05, 0.1) is 10.7 Å². The highest BCUT2D eigenvalue weighted by atomic mass is 35.5. The zero-order valence-corrected chi connectivity index (χ0v) is 17.1. The third kappa shape index (κ3) is 4.46. The van der Waals surface area contributed by atoms with E-state index in [1.807, 2.05) is 35.8 Å². The van der Waals surface area contributed by atoms with Crippen molar-refractivity contribution in [1.29, 1.82) is 0 Å². The predicted octanol–water partition coefficient (Wildman–Crippen LogP) is 5.27. The molecule has 0 fully saturated rings. The maximum absolute atomic E-state index is 12.8. The van der Waals surface area contributed by atoms with Crippen LogP contribution in [0.3, 0.4) is 0 Å². The second-order valence-corrected chi connectivity index (χ2v) is 7.42. The number of nitrogens with one attached hydrogen (secondary N) is 1. The van der Waals surface area contributed by atoms with Gasteiger partial charge in [-0.1, -0.05) is 47.5 Å². The molecule has 1 amide bonds. The molecule has 0 aliphatic heterocycles. The highest BCUT2D eigenvalue weighted by Gasteiger charge is 2.18. The number of halogens is 2. The summed E-state index contributed by atoms with van der Waals surface area (Å²) in [5.74, 6) is -0.462. The number of para-hydroxylation sites is 1. The van der Waals surface area contributed by atoms with Crippen LogP contribution in [0.4, 0.5) is 5.69 Å². The molecule has 0 bridgehead atoms. The molecule has 3 rings (SSSR count). The lowest BCUT2D eigenvalue weighted by atomic mass is 10.1. The average molecular weight is 415 g/mol. The van der Waals surface area contributed by atoms with E-state index in [9.17, 15) is 9.59 Å². The average Bonchev–Trinajstić information content (AvgIpc) is 2.64. The van der Waals surface area contributed by atoms with E-state index in [1.54, 1.807) is 31.2 Å². The molecule has 3 aromatic rings. The number of amides is 1. The van der Waals surface area contributed by atoms with Crippen LogP contribution < -0.4 is 10.7 Å². The number of carbonyl (C=O) groups excluding carboxylic acids is 1. The van der Waals surface area contributed by atoms with Crippen LogP contribution in [0, 0.1) is 13.8 Å². The monoisotopic (exact) mass is 414 g/mol. The molecule has 1 N–H and O–H groups in total. The molecule has 1 aromatic heterocycles. The van der Waals surface area contributed by atoms with Crippen molar-refractivity contribution in [1.82, 2.24) is 4.57 Å². The van der Waals surface area contributed by atoms with E-state index in [-0.39, 0.29) is 11.0 Å². The summed E-state index contributed by atoms with van der Waals surface area (Å²) in [4.78, 5) is 25.3. The lowest BCUT2D eigenvalue weighted by molar-refractivity contribution is 0.102. The number of anilines is 1. The first-order chi connectivity index (χ1) is 13.4. The minimum atomic E-state index is -0.462. The largest absolute Gasteiger partial charge is 0.348 e.